The highest BCUT2D eigenvalue weighted by Gasteiger charge is 2.29. The molecule has 1 saturated heterocycles. The van der Waals surface area contributed by atoms with E-state index in [9.17, 15) is 9.90 Å². The first-order chi connectivity index (χ1) is 8.66. The van der Waals surface area contributed by atoms with Crippen LogP contribution in [0.5, 0.6) is 0 Å². The Bertz CT molecular complexity index is 240. The van der Waals surface area contributed by atoms with Crippen LogP contribution in [0.4, 0.5) is 0 Å². The van der Waals surface area contributed by atoms with Crippen LogP contribution in [0.25, 0.3) is 0 Å². The molecule has 106 valence electrons. The molecule has 5 heteroatoms. The molecule has 0 aromatic rings. The molecule has 0 radical (unpaired) electrons. The molecule has 0 aliphatic carbocycles. The van der Waals surface area contributed by atoms with Crippen molar-refractivity contribution in [1.29, 1.82) is 0 Å². The highest BCUT2D eigenvalue weighted by atomic mass is 16.5. The standard InChI is InChI=1S/C13H26N2O3/c14-8-4-2-1-3-5-12(16)15-11-13(17)6-9-18-10-7-13/h17H,1-11,14H2,(H,15,16). The van der Waals surface area contributed by atoms with Crippen molar-refractivity contribution in [2.75, 3.05) is 26.3 Å². The summed E-state index contributed by atoms with van der Waals surface area (Å²) in [7, 11) is 0. The van der Waals surface area contributed by atoms with Gasteiger partial charge in [0.1, 0.15) is 0 Å². The normalized spacial score (nSPS) is 18.6. The molecule has 4 N–H and O–H groups in total. The van der Waals surface area contributed by atoms with Gasteiger partial charge in [-0.25, -0.2) is 0 Å². The topological polar surface area (TPSA) is 84.6 Å². The second-order valence-electron chi connectivity index (χ2n) is 5.07. The van der Waals surface area contributed by atoms with E-state index < -0.39 is 5.60 Å². The van der Waals surface area contributed by atoms with E-state index in [0.29, 0.717) is 39.0 Å². The highest BCUT2D eigenvalue weighted by molar-refractivity contribution is 5.75. The Hall–Kier alpha value is -0.650. The minimum atomic E-state index is -0.770. The van der Waals surface area contributed by atoms with Crippen LogP contribution in [-0.2, 0) is 9.53 Å². The molecule has 1 rings (SSSR count). The van der Waals surface area contributed by atoms with Gasteiger partial charge in [-0.05, 0) is 19.4 Å². The van der Waals surface area contributed by atoms with Crippen molar-refractivity contribution in [2.24, 2.45) is 5.73 Å². The first-order valence-corrected chi connectivity index (χ1v) is 6.93. The average molecular weight is 258 g/mol. The van der Waals surface area contributed by atoms with Gasteiger partial charge in [0.2, 0.25) is 5.91 Å². The van der Waals surface area contributed by atoms with E-state index >= 15 is 0 Å². The largest absolute Gasteiger partial charge is 0.388 e. The molecule has 0 unspecified atom stereocenters. The first-order valence-electron chi connectivity index (χ1n) is 6.93. The molecule has 1 aliphatic heterocycles. The lowest BCUT2D eigenvalue weighted by Gasteiger charge is -2.32. The Labute approximate surface area is 109 Å². The Balaban J connectivity index is 2.05. The van der Waals surface area contributed by atoms with Gasteiger partial charge in [0, 0.05) is 39.0 Å². The fourth-order valence-corrected chi connectivity index (χ4v) is 2.06. The third-order valence-corrected chi connectivity index (χ3v) is 3.40. The quantitative estimate of drug-likeness (QED) is 0.555. The van der Waals surface area contributed by atoms with Gasteiger partial charge in [-0.15, -0.1) is 0 Å². The molecule has 0 saturated carbocycles. The van der Waals surface area contributed by atoms with E-state index in [1.165, 1.54) is 0 Å². The van der Waals surface area contributed by atoms with Crippen LogP contribution in [-0.4, -0.2) is 42.9 Å². The van der Waals surface area contributed by atoms with Crippen molar-refractivity contribution in [3.8, 4) is 0 Å². The van der Waals surface area contributed by atoms with Gasteiger partial charge in [0.05, 0.1) is 5.60 Å². The summed E-state index contributed by atoms with van der Waals surface area (Å²) < 4.78 is 5.19. The number of amides is 1. The third kappa shape index (κ3) is 6.33. The summed E-state index contributed by atoms with van der Waals surface area (Å²) in [6.45, 7) is 2.22. The van der Waals surface area contributed by atoms with Gasteiger partial charge in [-0.1, -0.05) is 12.8 Å². The van der Waals surface area contributed by atoms with E-state index in [2.05, 4.69) is 5.32 Å². The number of carbonyl (C=O) groups is 1. The monoisotopic (exact) mass is 258 g/mol. The molecule has 1 aliphatic rings. The van der Waals surface area contributed by atoms with Crippen molar-refractivity contribution in [3.63, 3.8) is 0 Å². The summed E-state index contributed by atoms with van der Waals surface area (Å²) in [5, 5.41) is 13.0. The molecule has 1 heterocycles. The lowest BCUT2D eigenvalue weighted by molar-refractivity contribution is -0.124. The van der Waals surface area contributed by atoms with E-state index in [1.54, 1.807) is 0 Å². The van der Waals surface area contributed by atoms with Gasteiger partial charge in [-0.3, -0.25) is 4.79 Å². The number of ether oxygens (including phenoxy) is 1. The van der Waals surface area contributed by atoms with Gasteiger partial charge in [0.15, 0.2) is 0 Å². The fourth-order valence-electron chi connectivity index (χ4n) is 2.06. The Morgan fingerprint density at radius 2 is 1.89 bits per heavy atom. The van der Waals surface area contributed by atoms with E-state index in [0.717, 1.165) is 32.2 Å². The molecule has 1 fully saturated rings. The summed E-state index contributed by atoms with van der Waals surface area (Å²) in [6.07, 6.45) is 5.80. The van der Waals surface area contributed by atoms with Crippen molar-refractivity contribution in [3.05, 3.63) is 0 Å². The summed E-state index contributed by atoms with van der Waals surface area (Å²) in [4.78, 5) is 11.6. The molecule has 0 bridgehead atoms. The molecular formula is C13H26N2O3. The van der Waals surface area contributed by atoms with Crippen LogP contribution >= 0.6 is 0 Å². The van der Waals surface area contributed by atoms with Crippen molar-refractivity contribution < 1.29 is 14.6 Å². The average Bonchev–Trinajstić information content (AvgIpc) is 2.37. The lowest BCUT2D eigenvalue weighted by Crippen LogP contribution is -2.46. The minimum Gasteiger partial charge on any atom is -0.388 e. The predicted molar refractivity (Wildman–Crippen MR) is 70.2 cm³/mol. The van der Waals surface area contributed by atoms with Crippen LogP contribution in [0.3, 0.4) is 0 Å². The number of nitrogens with one attached hydrogen (secondary N) is 1. The second-order valence-corrected chi connectivity index (χ2v) is 5.07. The maximum Gasteiger partial charge on any atom is 0.220 e. The Morgan fingerprint density at radius 3 is 2.56 bits per heavy atom. The number of nitrogens with two attached hydrogens (primary N) is 1. The second kappa shape index (κ2) is 8.45. The predicted octanol–water partition coefficient (Wildman–Crippen LogP) is 0.553. The SMILES string of the molecule is NCCCCCCC(=O)NCC1(O)CCOCC1. The van der Waals surface area contributed by atoms with Crippen LogP contribution < -0.4 is 11.1 Å². The summed E-state index contributed by atoms with van der Waals surface area (Å²) in [5.74, 6) is 0.0302. The van der Waals surface area contributed by atoms with E-state index in [1.807, 2.05) is 0 Å². The summed E-state index contributed by atoms with van der Waals surface area (Å²) >= 11 is 0. The van der Waals surface area contributed by atoms with Gasteiger partial charge < -0.3 is 20.9 Å². The number of carbonyl (C=O) groups excluding carboxylic acids is 1. The smallest absolute Gasteiger partial charge is 0.220 e. The maximum absolute atomic E-state index is 11.6. The van der Waals surface area contributed by atoms with Crippen molar-refractivity contribution >= 4 is 5.91 Å². The van der Waals surface area contributed by atoms with E-state index in [-0.39, 0.29) is 5.91 Å². The van der Waals surface area contributed by atoms with Gasteiger partial charge in [-0.2, -0.15) is 0 Å². The van der Waals surface area contributed by atoms with Crippen LogP contribution in [0.2, 0.25) is 0 Å². The summed E-state index contributed by atoms with van der Waals surface area (Å²) in [6, 6.07) is 0. The number of hydrogen-bond acceptors (Lipinski definition) is 4. The van der Waals surface area contributed by atoms with Crippen LogP contribution in [0, 0.1) is 0 Å². The van der Waals surface area contributed by atoms with Crippen LogP contribution in [0.1, 0.15) is 44.9 Å². The number of hydrogen-bond donors (Lipinski definition) is 3. The highest BCUT2D eigenvalue weighted by Crippen LogP contribution is 2.19. The molecule has 5 nitrogen and oxygen atoms in total. The Kier molecular flexibility index (Phi) is 7.23. The Morgan fingerprint density at radius 1 is 1.22 bits per heavy atom. The molecule has 0 aromatic heterocycles. The van der Waals surface area contributed by atoms with E-state index in [4.69, 9.17) is 10.5 Å². The van der Waals surface area contributed by atoms with Gasteiger partial charge >= 0.3 is 0 Å². The molecule has 18 heavy (non-hydrogen) atoms. The third-order valence-electron chi connectivity index (χ3n) is 3.40. The minimum absolute atomic E-state index is 0.0302. The zero-order valence-corrected chi connectivity index (χ0v) is 11.1. The molecule has 0 atom stereocenters. The molecular weight excluding hydrogens is 232 g/mol. The van der Waals surface area contributed by atoms with Crippen LogP contribution in [0.15, 0.2) is 0 Å². The molecule has 0 spiro atoms. The fraction of sp³-hybridized carbons (Fsp3) is 0.923. The zero-order valence-electron chi connectivity index (χ0n) is 11.1. The summed E-state index contributed by atoms with van der Waals surface area (Å²) in [5.41, 5.74) is 4.63. The zero-order chi connectivity index (χ0) is 13.3. The molecule has 1 amide bonds. The van der Waals surface area contributed by atoms with Gasteiger partial charge in [0.25, 0.3) is 0 Å². The number of unbranched alkanes of at least 4 members (excludes halogenated alkanes) is 3. The number of rotatable bonds is 8. The van der Waals surface area contributed by atoms with Crippen molar-refractivity contribution in [2.45, 2.75) is 50.5 Å². The number of aliphatic hydroxyl groups is 1. The maximum atomic E-state index is 11.6. The van der Waals surface area contributed by atoms with Crippen molar-refractivity contribution in [1.82, 2.24) is 5.32 Å². The first kappa shape index (κ1) is 15.4. The molecule has 0 aromatic carbocycles. The lowest BCUT2D eigenvalue weighted by atomic mass is 9.94.